The van der Waals surface area contributed by atoms with E-state index in [-0.39, 0.29) is 72.8 Å². The topological polar surface area (TPSA) is 209 Å². The van der Waals surface area contributed by atoms with Crippen LogP contribution in [0.25, 0.3) is 21.6 Å². The molecule has 0 saturated carbocycles. The van der Waals surface area contributed by atoms with E-state index in [0.29, 0.717) is 50.3 Å². The first-order valence-electron chi connectivity index (χ1n) is 25.2. The minimum Gasteiger partial charge on any atom is -0.391 e. The number of rotatable bonds is 17. The van der Waals surface area contributed by atoms with E-state index in [4.69, 9.17) is 0 Å². The third kappa shape index (κ3) is 13.7. The number of anilines is 2. The number of aromatic nitrogens is 2. The highest BCUT2D eigenvalue weighted by atomic mass is 32.1. The summed E-state index contributed by atoms with van der Waals surface area (Å²) in [6.07, 6.45) is -3.64. The Kier molecular flexibility index (Phi) is 17.9. The number of pyridine rings is 1. The molecular weight excluding hydrogens is 1010 g/mol. The van der Waals surface area contributed by atoms with E-state index in [0.717, 1.165) is 27.8 Å². The number of carbonyl (C=O) groups is 5. The number of β-amino-alcohol motifs (C(OH)–C–C–N with tert-alkyl or cyclic N) is 1. The zero-order valence-corrected chi connectivity index (χ0v) is 44.4. The summed E-state index contributed by atoms with van der Waals surface area (Å²) in [6.45, 7) is 12.8. The summed E-state index contributed by atoms with van der Waals surface area (Å²) in [5.41, 5.74) is 1.60. The zero-order valence-electron chi connectivity index (χ0n) is 43.6. The van der Waals surface area contributed by atoms with Crippen LogP contribution >= 0.6 is 11.3 Å². The molecule has 1 unspecified atom stereocenters. The fourth-order valence-corrected chi connectivity index (χ4v) is 10.4. The second-order valence-corrected chi connectivity index (χ2v) is 21.6. The van der Waals surface area contributed by atoms with Gasteiger partial charge in [-0.3, -0.25) is 33.7 Å². The maximum absolute atomic E-state index is 15.9. The molecule has 2 saturated heterocycles. The fourth-order valence-electron chi connectivity index (χ4n) is 9.56. The summed E-state index contributed by atoms with van der Waals surface area (Å²) in [4.78, 5) is 92.4. The van der Waals surface area contributed by atoms with E-state index in [2.05, 4.69) is 36.1 Å². The van der Waals surface area contributed by atoms with E-state index < -0.39 is 75.9 Å². The van der Waals surface area contributed by atoms with E-state index in [1.807, 2.05) is 77.8 Å². The Morgan fingerprint density at radius 2 is 1.58 bits per heavy atom. The summed E-state index contributed by atoms with van der Waals surface area (Å²) >= 11 is 1.55. The number of piperazine rings is 1. The number of aliphatic hydroxyl groups excluding tert-OH is 1. The second kappa shape index (κ2) is 23.9. The number of benzene rings is 3. The van der Waals surface area contributed by atoms with Crippen LogP contribution in [0, 0.1) is 18.2 Å². The number of nitrogens with zero attached hydrogens (tertiary/aromatic N) is 4. The number of unbranched alkanes of at least 4 members (excludes halogenated alkanes) is 2. The quantitative estimate of drug-likeness (QED) is 0.0399. The first-order chi connectivity index (χ1) is 35.9. The molecule has 0 aliphatic carbocycles. The molecule has 5 aromatic rings. The van der Waals surface area contributed by atoms with E-state index >= 15 is 4.39 Å². The Labute approximate surface area is 442 Å². The summed E-state index contributed by atoms with van der Waals surface area (Å²) in [5.74, 6) is -3.70. The van der Waals surface area contributed by atoms with Crippen molar-refractivity contribution in [2.24, 2.45) is 5.41 Å². The monoisotopic (exact) mass is 1070 g/mol. The summed E-state index contributed by atoms with van der Waals surface area (Å²) in [6, 6.07) is 15.0. The lowest BCUT2D eigenvalue weighted by Crippen LogP contribution is -2.57. The number of likely N-dealkylation sites (N-methyl/N-ethyl adjacent to an activating group) is 1. The highest BCUT2D eigenvalue weighted by Crippen LogP contribution is 2.37. The SMILES string of the molecule is Cc1ncsc1-c1ccc(CNC(=O)[C@@H]2C[C@@H](O)CN2C(=O)C(NC(=O)CCCCCNC(=O)c2ccc(-c3ccc(N4C[C@@H](C)N(C)[C@@H](C)C4)c(NC(=O)c4c[nH]c(=O)cc4C(F)(F)F)c3)c(F)c2)C(C)(C)C)cc1. The molecule has 4 heterocycles. The number of aliphatic hydroxyl groups is 1. The molecule has 16 nitrogen and oxygen atoms in total. The standard InChI is InChI=1S/C55H65F4N9O7S/c1-31-27-67(28-32(2)66(31)7)44-19-17-36(22-43(44)64-51(73)40-26-61-47(71)24-41(40)55(57,58)59)39-18-16-37(21-42(39)56)50(72)60-20-10-8-9-11-46(70)65-49(54(4,5)6)53(75)68-29-38(69)23-45(68)52(74)62-25-34-12-14-35(15-13-34)48-33(3)63-30-76-48/h12-19,21-22,24,26,30-32,38,45,49,69H,8-11,20,23,25,27-29H2,1-7H3,(H,60,72)(H,61,71)(H,62,74)(H,64,73)(H,65,70)/t31-,32+,38-,45+,49?/m1/s1. The first-order valence-corrected chi connectivity index (χ1v) is 26.1. The van der Waals surface area contributed by atoms with Gasteiger partial charge in [0.1, 0.15) is 17.9 Å². The predicted molar refractivity (Wildman–Crippen MR) is 283 cm³/mol. The third-order valence-electron chi connectivity index (χ3n) is 14.0. The number of aromatic amines is 1. The Hall–Kier alpha value is -6.97. The van der Waals surface area contributed by atoms with E-state index in [9.17, 15) is 47.0 Å². The molecule has 21 heteroatoms. The molecule has 3 aromatic carbocycles. The van der Waals surface area contributed by atoms with Crippen LogP contribution in [0.1, 0.15) is 104 Å². The number of halogens is 4. The van der Waals surface area contributed by atoms with Gasteiger partial charge in [-0.05, 0) is 87.0 Å². The average molecular weight is 1070 g/mol. The molecule has 2 aromatic heterocycles. The lowest BCUT2D eigenvalue weighted by molar-refractivity contribution is -0.144. The molecule has 76 heavy (non-hydrogen) atoms. The summed E-state index contributed by atoms with van der Waals surface area (Å²) < 4.78 is 57.8. The normalized spacial score (nSPS) is 18.5. The number of hydrogen-bond donors (Lipinski definition) is 6. The van der Waals surface area contributed by atoms with Crippen LogP contribution in [0.3, 0.4) is 0 Å². The largest absolute Gasteiger partial charge is 0.417 e. The predicted octanol–water partition coefficient (Wildman–Crippen LogP) is 7.51. The van der Waals surface area contributed by atoms with Gasteiger partial charge in [-0.2, -0.15) is 13.2 Å². The number of alkyl halides is 3. The Bertz CT molecular complexity index is 2980. The minimum absolute atomic E-state index is 0.0278. The fraction of sp³-hybridized carbons (Fsp3) is 0.436. The van der Waals surface area contributed by atoms with Gasteiger partial charge in [0.2, 0.25) is 23.3 Å². The number of nitrogens with one attached hydrogen (secondary N) is 5. The van der Waals surface area contributed by atoms with E-state index in [1.54, 1.807) is 29.0 Å². The van der Waals surface area contributed by atoms with Crippen LogP contribution in [0.5, 0.6) is 0 Å². The van der Waals surface area contributed by atoms with Crippen molar-refractivity contribution >= 4 is 52.2 Å². The molecule has 0 bridgehead atoms. The van der Waals surface area contributed by atoms with Crippen LogP contribution in [0.2, 0.25) is 0 Å². The molecule has 6 N–H and O–H groups in total. The Morgan fingerprint density at radius 1 is 0.882 bits per heavy atom. The van der Waals surface area contributed by atoms with Crippen molar-refractivity contribution in [2.45, 2.75) is 117 Å². The van der Waals surface area contributed by atoms with Crippen molar-refractivity contribution in [3.05, 3.63) is 123 Å². The van der Waals surface area contributed by atoms with Gasteiger partial charge in [0.25, 0.3) is 11.8 Å². The first kappa shape index (κ1) is 56.8. The van der Waals surface area contributed by atoms with Gasteiger partial charge >= 0.3 is 6.18 Å². The Balaban J connectivity index is 0.914. The number of likely N-dealkylation sites (tertiary alicyclic amines) is 1. The molecule has 5 amide bonds. The lowest BCUT2D eigenvalue weighted by atomic mass is 9.85. The number of thiazole rings is 1. The zero-order chi connectivity index (χ0) is 55.2. The second-order valence-electron chi connectivity index (χ2n) is 20.8. The van der Waals surface area contributed by atoms with Crippen molar-refractivity contribution in [3.8, 4) is 21.6 Å². The van der Waals surface area contributed by atoms with Crippen molar-refractivity contribution in [3.63, 3.8) is 0 Å². The summed E-state index contributed by atoms with van der Waals surface area (Å²) in [7, 11) is 1.98. The molecule has 406 valence electrons. The summed E-state index contributed by atoms with van der Waals surface area (Å²) in [5, 5.41) is 21.7. The number of amides is 5. The average Bonchev–Trinajstić information content (AvgIpc) is 3.99. The van der Waals surface area contributed by atoms with Gasteiger partial charge in [-0.15, -0.1) is 11.3 Å². The lowest BCUT2D eigenvalue weighted by Gasteiger charge is -2.44. The third-order valence-corrected chi connectivity index (χ3v) is 15.0. The molecule has 7 rings (SSSR count). The highest BCUT2D eigenvalue weighted by molar-refractivity contribution is 7.13. The van der Waals surface area contributed by atoms with Crippen LogP contribution in [0.4, 0.5) is 28.9 Å². The maximum Gasteiger partial charge on any atom is 0.417 e. The van der Waals surface area contributed by atoms with Gasteiger partial charge in [-0.1, -0.05) is 63.6 Å². The van der Waals surface area contributed by atoms with Gasteiger partial charge in [0.05, 0.1) is 44.7 Å². The number of carbonyl (C=O) groups excluding carboxylic acids is 5. The molecule has 2 aliphatic heterocycles. The molecule has 2 aliphatic rings. The number of aryl methyl sites for hydroxylation is 1. The van der Waals surface area contributed by atoms with Crippen LogP contribution in [-0.4, -0.2) is 118 Å². The van der Waals surface area contributed by atoms with Crippen molar-refractivity contribution in [1.29, 1.82) is 0 Å². The smallest absolute Gasteiger partial charge is 0.391 e. The van der Waals surface area contributed by atoms with Crippen LogP contribution in [-0.2, 0) is 27.1 Å². The molecule has 0 radical (unpaired) electrons. The van der Waals surface area contributed by atoms with Crippen molar-refractivity contribution < 1.29 is 46.6 Å². The van der Waals surface area contributed by atoms with Gasteiger partial charge in [-0.25, -0.2) is 9.37 Å². The molecule has 0 spiro atoms. The van der Waals surface area contributed by atoms with Crippen LogP contribution < -0.4 is 31.7 Å². The van der Waals surface area contributed by atoms with Gasteiger partial charge < -0.3 is 41.2 Å². The maximum atomic E-state index is 15.9. The van der Waals surface area contributed by atoms with Crippen molar-refractivity contribution in [1.82, 2.24) is 35.7 Å². The molecule has 2 fully saturated rings. The van der Waals surface area contributed by atoms with Gasteiger partial charge in [0, 0.05) is 81.0 Å². The highest BCUT2D eigenvalue weighted by Gasteiger charge is 2.44. The van der Waals surface area contributed by atoms with E-state index in [1.165, 1.54) is 23.1 Å². The van der Waals surface area contributed by atoms with Crippen molar-refractivity contribution in [2.75, 3.05) is 43.4 Å². The van der Waals surface area contributed by atoms with Crippen LogP contribution in [0.15, 0.2) is 83.2 Å². The minimum atomic E-state index is -5.00. The molecular formula is C55H65F4N9O7S. The number of hydrogen-bond acceptors (Lipinski definition) is 11. The van der Waals surface area contributed by atoms with Gasteiger partial charge in [0.15, 0.2) is 0 Å². The Morgan fingerprint density at radius 3 is 2.22 bits per heavy atom. The number of H-pyrrole nitrogens is 1. The molecule has 5 atom stereocenters.